The third kappa shape index (κ3) is 2.10. The number of hydrogen-bond acceptors (Lipinski definition) is 1. The Morgan fingerprint density at radius 1 is 0.950 bits per heavy atom. The van der Waals surface area contributed by atoms with Crippen molar-refractivity contribution in [1.29, 1.82) is 0 Å². The summed E-state index contributed by atoms with van der Waals surface area (Å²) in [4.78, 5) is 0. The number of hydrogen-bond donors (Lipinski definition) is 0. The Bertz CT molecular complexity index is 592. The summed E-state index contributed by atoms with van der Waals surface area (Å²) in [5.74, 6) is 0.870. The summed E-state index contributed by atoms with van der Waals surface area (Å²) in [6, 6.07) is 18.3. The van der Waals surface area contributed by atoms with Crippen LogP contribution in [0.25, 0.3) is 0 Å². The van der Waals surface area contributed by atoms with E-state index in [1.807, 2.05) is 37.3 Å². The second-order valence-electron chi connectivity index (χ2n) is 5.11. The molecule has 1 unspecified atom stereocenters. The van der Waals surface area contributed by atoms with Gasteiger partial charge in [0.05, 0.1) is 12.0 Å². The van der Waals surface area contributed by atoms with Gasteiger partial charge in [-0.15, -0.1) is 23.2 Å². The van der Waals surface area contributed by atoms with Crippen molar-refractivity contribution in [2.75, 3.05) is 6.61 Å². The summed E-state index contributed by atoms with van der Waals surface area (Å²) in [6.07, 6.45) is 0.737. The Hall–Kier alpha value is -1.18. The lowest BCUT2D eigenvalue weighted by atomic mass is 9.88. The van der Waals surface area contributed by atoms with Gasteiger partial charge in [-0.25, -0.2) is 0 Å². The third-order valence-electron chi connectivity index (χ3n) is 3.91. The highest BCUT2D eigenvalue weighted by atomic mass is 35.5. The second-order valence-corrected chi connectivity index (χ2v) is 6.59. The number of ether oxygens (including phenoxy) is 1. The molecule has 0 spiro atoms. The van der Waals surface area contributed by atoms with E-state index in [2.05, 4.69) is 24.3 Å². The summed E-state index contributed by atoms with van der Waals surface area (Å²) in [5, 5.41) is 0. The molecule has 0 aromatic heterocycles. The van der Waals surface area contributed by atoms with Crippen molar-refractivity contribution in [2.24, 2.45) is 0 Å². The normalized spacial score (nSPS) is 23.4. The van der Waals surface area contributed by atoms with E-state index >= 15 is 0 Å². The van der Waals surface area contributed by atoms with E-state index in [9.17, 15) is 0 Å². The molecule has 0 bridgehead atoms. The fraction of sp³-hybridized carbons (Fsp3) is 0.294. The van der Waals surface area contributed by atoms with Gasteiger partial charge in [0, 0.05) is 0 Å². The summed E-state index contributed by atoms with van der Waals surface area (Å²) in [6.45, 7) is 2.64. The van der Waals surface area contributed by atoms with Gasteiger partial charge in [-0.05, 0) is 36.6 Å². The first-order valence-corrected chi connectivity index (χ1v) is 7.52. The van der Waals surface area contributed by atoms with Gasteiger partial charge in [0.1, 0.15) is 10.1 Å². The monoisotopic (exact) mass is 306 g/mol. The highest BCUT2D eigenvalue weighted by molar-refractivity contribution is 6.52. The first-order valence-electron chi connectivity index (χ1n) is 6.77. The molecule has 104 valence electrons. The molecule has 0 heterocycles. The van der Waals surface area contributed by atoms with Crippen LogP contribution in [0.5, 0.6) is 5.75 Å². The standard InChI is InChI=1S/C17H16Cl2O/c1-2-20-15-10-8-14(9-11-15)16(12-17(16,18)19)13-6-4-3-5-7-13/h3-11H,2,12H2,1H3. The lowest BCUT2D eigenvalue weighted by Crippen LogP contribution is -2.16. The Morgan fingerprint density at radius 3 is 2.00 bits per heavy atom. The van der Waals surface area contributed by atoms with Crippen molar-refractivity contribution in [1.82, 2.24) is 0 Å². The first kappa shape index (κ1) is 13.8. The van der Waals surface area contributed by atoms with Crippen LogP contribution in [0.2, 0.25) is 0 Å². The number of alkyl halides is 2. The van der Waals surface area contributed by atoms with Gasteiger partial charge < -0.3 is 4.74 Å². The number of rotatable bonds is 4. The molecule has 0 amide bonds. The minimum atomic E-state index is -0.735. The molecule has 0 saturated heterocycles. The fourth-order valence-electron chi connectivity index (χ4n) is 2.81. The summed E-state index contributed by atoms with van der Waals surface area (Å²) >= 11 is 12.9. The lowest BCUT2D eigenvalue weighted by Gasteiger charge is -2.20. The zero-order chi connectivity index (χ0) is 14.2. The first-order chi connectivity index (χ1) is 9.60. The molecule has 1 aliphatic carbocycles. The highest BCUT2D eigenvalue weighted by Crippen LogP contribution is 2.68. The molecule has 2 aromatic carbocycles. The van der Waals surface area contributed by atoms with Gasteiger partial charge >= 0.3 is 0 Å². The van der Waals surface area contributed by atoms with Crippen molar-refractivity contribution in [3.63, 3.8) is 0 Å². The largest absolute Gasteiger partial charge is 0.494 e. The van der Waals surface area contributed by atoms with Crippen LogP contribution < -0.4 is 4.74 Å². The summed E-state index contributed by atoms with van der Waals surface area (Å²) in [5.41, 5.74) is 1.99. The highest BCUT2D eigenvalue weighted by Gasteiger charge is 2.68. The van der Waals surface area contributed by atoms with Crippen LogP contribution >= 0.6 is 23.2 Å². The number of benzene rings is 2. The molecular weight excluding hydrogens is 291 g/mol. The average Bonchev–Trinajstić information content (AvgIpc) is 3.05. The average molecular weight is 307 g/mol. The van der Waals surface area contributed by atoms with Gasteiger partial charge in [-0.3, -0.25) is 0 Å². The SMILES string of the molecule is CCOc1ccc(C2(c3ccccc3)CC2(Cl)Cl)cc1. The zero-order valence-electron chi connectivity index (χ0n) is 11.3. The van der Waals surface area contributed by atoms with Crippen LogP contribution in [0.15, 0.2) is 54.6 Å². The molecule has 0 N–H and O–H groups in total. The molecule has 1 atom stereocenters. The maximum Gasteiger partial charge on any atom is 0.133 e. The van der Waals surface area contributed by atoms with Crippen molar-refractivity contribution in [3.8, 4) is 5.75 Å². The molecule has 0 aliphatic heterocycles. The van der Waals surface area contributed by atoms with Crippen LogP contribution in [0, 0.1) is 0 Å². The Morgan fingerprint density at radius 2 is 1.50 bits per heavy atom. The van der Waals surface area contributed by atoms with Crippen molar-refractivity contribution < 1.29 is 4.74 Å². The maximum atomic E-state index is 6.47. The number of halogens is 2. The van der Waals surface area contributed by atoms with Crippen LogP contribution in [0.4, 0.5) is 0 Å². The summed E-state index contributed by atoms with van der Waals surface area (Å²) < 4.78 is 4.75. The molecule has 2 aromatic rings. The Labute approximate surface area is 129 Å². The van der Waals surface area contributed by atoms with E-state index in [1.165, 1.54) is 0 Å². The molecule has 3 heteroatoms. The topological polar surface area (TPSA) is 9.23 Å². The second kappa shape index (κ2) is 4.98. The van der Waals surface area contributed by atoms with Crippen molar-refractivity contribution >= 4 is 23.2 Å². The van der Waals surface area contributed by atoms with E-state index in [0.29, 0.717) is 6.61 Å². The Kier molecular flexibility index (Phi) is 3.43. The fourth-order valence-corrected chi connectivity index (χ4v) is 3.64. The summed E-state index contributed by atoms with van der Waals surface area (Å²) in [7, 11) is 0. The molecule has 1 fully saturated rings. The lowest BCUT2D eigenvalue weighted by molar-refractivity contribution is 0.340. The molecule has 3 rings (SSSR count). The van der Waals surface area contributed by atoms with Gasteiger partial charge in [0.15, 0.2) is 0 Å². The van der Waals surface area contributed by atoms with Gasteiger partial charge in [-0.1, -0.05) is 42.5 Å². The molecular formula is C17H16Cl2O. The maximum absolute atomic E-state index is 6.47. The van der Waals surface area contributed by atoms with Crippen LogP contribution in [0.3, 0.4) is 0 Å². The smallest absolute Gasteiger partial charge is 0.133 e. The Balaban J connectivity index is 2.01. The van der Waals surface area contributed by atoms with Crippen molar-refractivity contribution in [2.45, 2.75) is 23.1 Å². The predicted molar refractivity (Wildman–Crippen MR) is 83.9 cm³/mol. The molecule has 1 saturated carbocycles. The van der Waals surface area contributed by atoms with Crippen LogP contribution in [-0.2, 0) is 5.41 Å². The predicted octanol–water partition coefficient (Wildman–Crippen LogP) is 4.95. The van der Waals surface area contributed by atoms with E-state index in [1.54, 1.807) is 0 Å². The van der Waals surface area contributed by atoms with E-state index < -0.39 is 4.33 Å². The molecule has 20 heavy (non-hydrogen) atoms. The van der Waals surface area contributed by atoms with E-state index in [-0.39, 0.29) is 5.41 Å². The molecule has 1 nitrogen and oxygen atoms in total. The van der Waals surface area contributed by atoms with Gasteiger partial charge in [0.25, 0.3) is 0 Å². The minimum absolute atomic E-state index is 0.303. The van der Waals surface area contributed by atoms with Gasteiger partial charge in [0.2, 0.25) is 0 Å². The van der Waals surface area contributed by atoms with Crippen molar-refractivity contribution in [3.05, 3.63) is 65.7 Å². The van der Waals surface area contributed by atoms with Crippen LogP contribution in [-0.4, -0.2) is 10.9 Å². The van der Waals surface area contributed by atoms with Gasteiger partial charge in [-0.2, -0.15) is 0 Å². The van der Waals surface area contributed by atoms with E-state index in [0.717, 1.165) is 23.3 Å². The van der Waals surface area contributed by atoms with E-state index in [4.69, 9.17) is 27.9 Å². The third-order valence-corrected chi connectivity index (χ3v) is 4.82. The quantitative estimate of drug-likeness (QED) is 0.726. The zero-order valence-corrected chi connectivity index (χ0v) is 12.8. The molecule has 1 aliphatic rings. The molecule has 0 radical (unpaired) electrons. The minimum Gasteiger partial charge on any atom is -0.494 e. The van der Waals surface area contributed by atoms with Crippen LogP contribution in [0.1, 0.15) is 24.5 Å².